The first-order valence-electron chi connectivity index (χ1n) is 9.77. The highest BCUT2D eigenvalue weighted by molar-refractivity contribution is 5.81. The number of benzene rings is 1. The summed E-state index contributed by atoms with van der Waals surface area (Å²) in [6.45, 7) is 4.72. The van der Waals surface area contributed by atoms with Gasteiger partial charge in [-0.05, 0) is 31.5 Å². The molecule has 0 bridgehead atoms. The van der Waals surface area contributed by atoms with Crippen molar-refractivity contribution in [2.45, 2.75) is 13.8 Å². The molecule has 1 aliphatic rings. The third kappa shape index (κ3) is 6.68. The van der Waals surface area contributed by atoms with Crippen molar-refractivity contribution in [1.29, 1.82) is 0 Å². The van der Waals surface area contributed by atoms with Crippen LogP contribution < -0.4 is 9.47 Å². The number of allylic oxidation sites excluding steroid dienone is 1. The van der Waals surface area contributed by atoms with Gasteiger partial charge in [0.2, 0.25) is 0 Å². The second kappa shape index (κ2) is 11.7. The summed E-state index contributed by atoms with van der Waals surface area (Å²) in [5.74, 6) is -0.0775. The standard InChI is InChI=1S/C21H28N2O7/c1-4-6-16-7-8-17(18(13-16)27-3)29-15-20(25)30-14-19(24)22-9-11-23(12-10-22)21(26)28-5-2/h4,6-8,13H,5,9-12,14-15H2,1-3H3/b6-4-. The zero-order chi connectivity index (χ0) is 21.9. The maximum atomic E-state index is 12.2. The normalized spacial score (nSPS) is 13.8. The van der Waals surface area contributed by atoms with E-state index in [0.717, 1.165) is 5.56 Å². The van der Waals surface area contributed by atoms with Crippen molar-refractivity contribution in [1.82, 2.24) is 9.80 Å². The van der Waals surface area contributed by atoms with Crippen LogP contribution in [0.25, 0.3) is 6.08 Å². The molecule has 0 saturated carbocycles. The lowest BCUT2D eigenvalue weighted by Gasteiger charge is -2.33. The van der Waals surface area contributed by atoms with Gasteiger partial charge in [-0.15, -0.1) is 0 Å². The fourth-order valence-corrected chi connectivity index (χ4v) is 2.86. The van der Waals surface area contributed by atoms with Crippen LogP contribution >= 0.6 is 0 Å². The van der Waals surface area contributed by atoms with E-state index in [2.05, 4.69) is 0 Å². The van der Waals surface area contributed by atoms with Gasteiger partial charge in [0.05, 0.1) is 13.7 Å². The number of nitrogens with zero attached hydrogens (tertiary/aromatic N) is 2. The van der Waals surface area contributed by atoms with Gasteiger partial charge in [-0.2, -0.15) is 0 Å². The number of amides is 2. The van der Waals surface area contributed by atoms with Crippen LogP contribution in [0.3, 0.4) is 0 Å². The van der Waals surface area contributed by atoms with Crippen molar-refractivity contribution in [3.8, 4) is 11.5 Å². The van der Waals surface area contributed by atoms with E-state index < -0.39 is 5.97 Å². The lowest BCUT2D eigenvalue weighted by molar-refractivity contribution is -0.154. The largest absolute Gasteiger partial charge is 0.493 e. The first-order chi connectivity index (χ1) is 14.5. The van der Waals surface area contributed by atoms with Gasteiger partial charge in [-0.3, -0.25) is 4.79 Å². The molecule has 1 aromatic rings. The Morgan fingerprint density at radius 3 is 2.33 bits per heavy atom. The smallest absolute Gasteiger partial charge is 0.409 e. The Morgan fingerprint density at radius 1 is 1.00 bits per heavy atom. The molecular weight excluding hydrogens is 392 g/mol. The minimum absolute atomic E-state index is 0.307. The van der Waals surface area contributed by atoms with Crippen molar-refractivity contribution in [3.05, 3.63) is 29.8 Å². The van der Waals surface area contributed by atoms with Gasteiger partial charge in [-0.1, -0.05) is 18.2 Å². The van der Waals surface area contributed by atoms with Crippen LogP contribution in [-0.2, 0) is 19.1 Å². The highest BCUT2D eigenvalue weighted by Gasteiger charge is 2.25. The molecule has 0 spiro atoms. The second-order valence-corrected chi connectivity index (χ2v) is 6.43. The summed E-state index contributed by atoms with van der Waals surface area (Å²) in [5, 5.41) is 0. The van der Waals surface area contributed by atoms with Gasteiger partial charge >= 0.3 is 12.1 Å². The fourth-order valence-electron chi connectivity index (χ4n) is 2.86. The number of piperazine rings is 1. The monoisotopic (exact) mass is 420 g/mol. The van der Waals surface area contributed by atoms with Crippen LogP contribution in [0.1, 0.15) is 19.4 Å². The Hall–Kier alpha value is -3.23. The molecule has 1 saturated heterocycles. The highest BCUT2D eigenvalue weighted by Crippen LogP contribution is 2.28. The van der Waals surface area contributed by atoms with Crippen LogP contribution in [0.2, 0.25) is 0 Å². The Morgan fingerprint density at radius 2 is 1.70 bits per heavy atom. The van der Waals surface area contributed by atoms with E-state index in [1.165, 1.54) is 7.11 Å². The minimum atomic E-state index is -0.659. The van der Waals surface area contributed by atoms with E-state index in [-0.39, 0.29) is 25.2 Å². The molecule has 0 radical (unpaired) electrons. The molecule has 1 heterocycles. The zero-order valence-corrected chi connectivity index (χ0v) is 17.6. The Balaban J connectivity index is 1.75. The summed E-state index contributed by atoms with van der Waals surface area (Å²) >= 11 is 0. The molecule has 164 valence electrons. The molecular formula is C21H28N2O7. The average molecular weight is 420 g/mol. The number of hydrogen-bond acceptors (Lipinski definition) is 7. The second-order valence-electron chi connectivity index (χ2n) is 6.43. The molecule has 0 atom stereocenters. The lowest BCUT2D eigenvalue weighted by atomic mass is 10.2. The van der Waals surface area contributed by atoms with Gasteiger partial charge in [0, 0.05) is 26.2 Å². The average Bonchev–Trinajstić information content (AvgIpc) is 2.76. The minimum Gasteiger partial charge on any atom is -0.493 e. The number of ether oxygens (including phenoxy) is 4. The summed E-state index contributed by atoms with van der Waals surface area (Å²) in [6.07, 6.45) is 3.43. The van der Waals surface area contributed by atoms with Crippen molar-refractivity contribution < 1.29 is 33.3 Å². The number of methoxy groups -OCH3 is 1. The quantitative estimate of drug-likeness (QED) is 0.593. The Labute approximate surface area is 176 Å². The highest BCUT2D eigenvalue weighted by atomic mass is 16.6. The molecule has 9 heteroatoms. The first kappa shape index (κ1) is 23.1. The first-order valence-corrected chi connectivity index (χ1v) is 9.77. The van der Waals surface area contributed by atoms with Gasteiger partial charge in [-0.25, -0.2) is 9.59 Å². The predicted molar refractivity (Wildman–Crippen MR) is 109 cm³/mol. The van der Waals surface area contributed by atoms with Gasteiger partial charge in [0.25, 0.3) is 5.91 Å². The molecule has 1 aromatic carbocycles. The number of hydrogen-bond donors (Lipinski definition) is 0. The van der Waals surface area contributed by atoms with Crippen LogP contribution in [0.4, 0.5) is 4.79 Å². The van der Waals surface area contributed by atoms with Gasteiger partial charge in [0.1, 0.15) is 0 Å². The molecule has 9 nitrogen and oxygen atoms in total. The van der Waals surface area contributed by atoms with Crippen molar-refractivity contribution in [2.24, 2.45) is 0 Å². The van der Waals surface area contributed by atoms with E-state index >= 15 is 0 Å². The third-order valence-corrected chi connectivity index (χ3v) is 4.41. The number of rotatable bonds is 8. The maximum Gasteiger partial charge on any atom is 0.409 e. The van der Waals surface area contributed by atoms with Gasteiger partial charge in [0.15, 0.2) is 24.7 Å². The summed E-state index contributed by atoms with van der Waals surface area (Å²) in [4.78, 5) is 38.9. The third-order valence-electron chi connectivity index (χ3n) is 4.41. The van der Waals surface area contributed by atoms with Crippen LogP contribution in [0.5, 0.6) is 11.5 Å². The molecule has 1 fully saturated rings. The van der Waals surface area contributed by atoms with E-state index in [4.69, 9.17) is 18.9 Å². The molecule has 0 unspecified atom stereocenters. The van der Waals surface area contributed by atoms with Crippen LogP contribution in [-0.4, -0.2) is 80.9 Å². The van der Waals surface area contributed by atoms with Crippen LogP contribution in [0, 0.1) is 0 Å². The Bertz CT molecular complexity index is 771. The Kier molecular flexibility index (Phi) is 8.99. The molecule has 30 heavy (non-hydrogen) atoms. The molecule has 2 amide bonds. The number of carbonyl (C=O) groups excluding carboxylic acids is 3. The fraction of sp³-hybridized carbons (Fsp3) is 0.476. The van der Waals surface area contributed by atoms with Crippen molar-refractivity contribution >= 4 is 24.0 Å². The number of carbonyl (C=O) groups is 3. The van der Waals surface area contributed by atoms with E-state index in [1.54, 1.807) is 28.9 Å². The zero-order valence-electron chi connectivity index (χ0n) is 17.6. The maximum absolute atomic E-state index is 12.2. The summed E-state index contributed by atoms with van der Waals surface area (Å²) < 4.78 is 20.7. The van der Waals surface area contributed by atoms with E-state index in [1.807, 2.05) is 25.1 Å². The molecule has 0 aromatic heterocycles. The summed E-state index contributed by atoms with van der Waals surface area (Å²) in [5.41, 5.74) is 0.943. The van der Waals surface area contributed by atoms with E-state index in [9.17, 15) is 14.4 Å². The summed E-state index contributed by atoms with van der Waals surface area (Å²) in [6, 6.07) is 5.33. The van der Waals surface area contributed by atoms with Gasteiger partial charge < -0.3 is 28.7 Å². The summed E-state index contributed by atoms with van der Waals surface area (Å²) in [7, 11) is 1.51. The van der Waals surface area contributed by atoms with E-state index in [0.29, 0.717) is 44.3 Å². The molecule has 1 aliphatic heterocycles. The lowest BCUT2D eigenvalue weighted by Crippen LogP contribution is -2.51. The predicted octanol–water partition coefficient (Wildman–Crippen LogP) is 1.95. The van der Waals surface area contributed by atoms with Crippen LogP contribution in [0.15, 0.2) is 24.3 Å². The van der Waals surface area contributed by atoms with Crippen molar-refractivity contribution in [2.75, 3.05) is 53.1 Å². The molecule has 0 N–H and O–H groups in total. The molecule has 0 aliphatic carbocycles. The SMILES string of the molecule is C/C=C\c1ccc(OCC(=O)OCC(=O)N2CCN(C(=O)OCC)CC2)c(OC)c1. The number of esters is 1. The topological polar surface area (TPSA) is 94.6 Å². The van der Waals surface area contributed by atoms with Crippen molar-refractivity contribution in [3.63, 3.8) is 0 Å². The molecule has 2 rings (SSSR count).